The molecule has 5 heteroatoms. The molecular weight excluding hydrogens is 224 g/mol. The Morgan fingerprint density at radius 1 is 1.24 bits per heavy atom. The molecule has 0 saturated carbocycles. The molecule has 102 valence electrons. The van der Waals surface area contributed by atoms with Crippen molar-refractivity contribution < 1.29 is 24.9 Å². The fourth-order valence-electron chi connectivity index (χ4n) is 1.38. The number of aliphatic hydroxyl groups excluding tert-OH is 3. The van der Waals surface area contributed by atoms with E-state index in [4.69, 9.17) is 4.74 Å². The second-order valence-corrected chi connectivity index (χ2v) is 5.35. The molecule has 0 radical (unpaired) electrons. The Labute approximate surface area is 102 Å². The maximum atomic E-state index is 11.2. The highest BCUT2D eigenvalue weighted by Gasteiger charge is 2.38. The number of aliphatic hydroxyl groups is 3. The van der Waals surface area contributed by atoms with E-state index in [1.807, 2.05) is 0 Å². The number of hydrogen-bond acceptors (Lipinski definition) is 5. The number of carbonyl (C=O) groups excluding carboxylic acids is 1. The third-order valence-electron chi connectivity index (χ3n) is 2.58. The predicted molar refractivity (Wildman–Crippen MR) is 63.3 cm³/mol. The predicted octanol–water partition coefficient (Wildman–Crippen LogP) is 0.457. The third-order valence-corrected chi connectivity index (χ3v) is 2.58. The van der Waals surface area contributed by atoms with Crippen LogP contribution < -0.4 is 0 Å². The van der Waals surface area contributed by atoms with Gasteiger partial charge in [0.2, 0.25) is 0 Å². The summed E-state index contributed by atoms with van der Waals surface area (Å²) < 4.78 is 4.94. The maximum absolute atomic E-state index is 11.2. The molecule has 0 bridgehead atoms. The molecule has 0 amide bonds. The molecule has 4 atom stereocenters. The first-order valence-corrected chi connectivity index (χ1v) is 5.85. The summed E-state index contributed by atoms with van der Waals surface area (Å²) in [7, 11) is 0. The first-order valence-electron chi connectivity index (χ1n) is 5.85. The van der Waals surface area contributed by atoms with E-state index in [1.165, 1.54) is 6.92 Å². The standard InChI is InChI=1S/C12H24O5/c1-6-8(14)17-10(7(2)13)9(15)11(16)12(3,4)5/h7,9-11,13,15-16H,6H2,1-5H3/t7-,9-,10-,11+/m1/s1. The van der Waals surface area contributed by atoms with E-state index in [0.29, 0.717) is 0 Å². The van der Waals surface area contributed by atoms with Gasteiger partial charge < -0.3 is 20.1 Å². The topological polar surface area (TPSA) is 87.0 Å². The molecule has 0 aromatic carbocycles. The number of carbonyl (C=O) groups is 1. The Bertz CT molecular complexity index is 244. The van der Waals surface area contributed by atoms with Crippen LogP contribution in [0, 0.1) is 5.41 Å². The molecule has 5 nitrogen and oxygen atoms in total. The van der Waals surface area contributed by atoms with E-state index in [1.54, 1.807) is 27.7 Å². The van der Waals surface area contributed by atoms with Crippen LogP contribution in [0.5, 0.6) is 0 Å². The average Bonchev–Trinajstić information content (AvgIpc) is 2.21. The van der Waals surface area contributed by atoms with E-state index in [-0.39, 0.29) is 6.42 Å². The first kappa shape index (κ1) is 16.4. The molecule has 0 aliphatic carbocycles. The number of rotatable bonds is 5. The van der Waals surface area contributed by atoms with Crippen molar-refractivity contribution >= 4 is 5.97 Å². The van der Waals surface area contributed by atoms with Crippen LogP contribution in [-0.4, -0.2) is 45.7 Å². The molecule has 0 unspecified atom stereocenters. The van der Waals surface area contributed by atoms with Gasteiger partial charge in [-0.1, -0.05) is 27.7 Å². The minimum Gasteiger partial charge on any atom is -0.457 e. The number of ether oxygens (including phenoxy) is 1. The highest BCUT2D eigenvalue weighted by molar-refractivity contribution is 5.69. The lowest BCUT2D eigenvalue weighted by atomic mass is 9.83. The van der Waals surface area contributed by atoms with Crippen LogP contribution in [0.25, 0.3) is 0 Å². The first-order chi connectivity index (χ1) is 7.61. The molecule has 0 heterocycles. The Kier molecular flexibility index (Phi) is 6.09. The van der Waals surface area contributed by atoms with Crippen molar-refractivity contribution in [2.75, 3.05) is 0 Å². The lowest BCUT2D eigenvalue weighted by Gasteiger charge is -2.35. The van der Waals surface area contributed by atoms with Gasteiger partial charge >= 0.3 is 5.97 Å². The van der Waals surface area contributed by atoms with E-state index < -0.39 is 35.8 Å². The van der Waals surface area contributed by atoms with Gasteiger partial charge in [-0.3, -0.25) is 4.79 Å². The SMILES string of the molecule is CCC(=O)O[C@@H]([C@@H](O)[C@H](O)C(C)(C)C)[C@@H](C)O. The van der Waals surface area contributed by atoms with Crippen molar-refractivity contribution in [1.29, 1.82) is 0 Å². The van der Waals surface area contributed by atoms with Crippen LogP contribution in [0.1, 0.15) is 41.0 Å². The van der Waals surface area contributed by atoms with Crippen molar-refractivity contribution in [2.24, 2.45) is 5.41 Å². The van der Waals surface area contributed by atoms with Gasteiger partial charge in [0.25, 0.3) is 0 Å². The summed E-state index contributed by atoms with van der Waals surface area (Å²) in [6.45, 7) is 8.28. The Morgan fingerprint density at radius 2 is 1.71 bits per heavy atom. The summed E-state index contributed by atoms with van der Waals surface area (Å²) in [5.41, 5.74) is -0.564. The van der Waals surface area contributed by atoms with Crippen molar-refractivity contribution in [3.63, 3.8) is 0 Å². The molecular formula is C12H24O5. The molecule has 0 aromatic rings. The Balaban J connectivity index is 4.77. The maximum Gasteiger partial charge on any atom is 0.305 e. The summed E-state index contributed by atoms with van der Waals surface area (Å²) in [6, 6.07) is 0. The summed E-state index contributed by atoms with van der Waals surface area (Å²) >= 11 is 0. The van der Waals surface area contributed by atoms with Crippen molar-refractivity contribution in [3.05, 3.63) is 0 Å². The zero-order valence-corrected chi connectivity index (χ0v) is 11.2. The van der Waals surface area contributed by atoms with Gasteiger partial charge in [0.05, 0.1) is 12.2 Å². The summed E-state index contributed by atoms with van der Waals surface area (Å²) in [5, 5.41) is 29.3. The second kappa shape index (κ2) is 6.33. The largest absolute Gasteiger partial charge is 0.457 e. The fourth-order valence-corrected chi connectivity index (χ4v) is 1.38. The zero-order valence-electron chi connectivity index (χ0n) is 11.2. The van der Waals surface area contributed by atoms with Crippen molar-refractivity contribution in [3.8, 4) is 0 Å². The average molecular weight is 248 g/mol. The highest BCUT2D eigenvalue weighted by atomic mass is 16.6. The molecule has 0 spiro atoms. The molecule has 0 rings (SSSR count). The third kappa shape index (κ3) is 5.02. The van der Waals surface area contributed by atoms with E-state index in [2.05, 4.69) is 0 Å². The molecule has 0 saturated heterocycles. The van der Waals surface area contributed by atoms with Crippen LogP contribution in [0.3, 0.4) is 0 Å². The smallest absolute Gasteiger partial charge is 0.305 e. The highest BCUT2D eigenvalue weighted by Crippen LogP contribution is 2.25. The van der Waals surface area contributed by atoms with Gasteiger partial charge in [0.1, 0.15) is 6.10 Å². The zero-order chi connectivity index (χ0) is 13.8. The molecule has 0 aromatic heterocycles. The summed E-state index contributed by atoms with van der Waals surface area (Å²) in [6.07, 6.45) is -4.41. The van der Waals surface area contributed by atoms with E-state index in [9.17, 15) is 20.1 Å². The van der Waals surface area contributed by atoms with E-state index in [0.717, 1.165) is 0 Å². The van der Waals surface area contributed by atoms with Crippen LogP contribution in [0.4, 0.5) is 0 Å². The van der Waals surface area contributed by atoms with Crippen molar-refractivity contribution in [2.45, 2.75) is 65.5 Å². The lowest BCUT2D eigenvalue weighted by molar-refractivity contribution is -0.176. The van der Waals surface area contributed by atoms with Crippen LogP contribution in [0.2, 0.25) is 0 Å². The Morgan fingerprint density at radius 3 is 2.00 bits per heavy atom. The minimum atomic E-state index is -1.31. The number of hydrogen-bond donors (Lipinski definition) is 3. The Hall–Kier alpha value is -0.650. The van der Waals surface area contributed by atoms with Gasteiger partial charge in [-0.15, -0.1) is 0 Å². The van der Waals surface area contributed by atoms with Gasteiger partial charge in [-0.25, -0.2) is 0 Å². The monoisotopic (exact) mass is 248 g/mol. The summed E-state index contributed by atoms with van der Waals surface area (Å²) in [5.74, 6) is -0.518. The molecule has 3 N–H and O–H groups in total. The van der Waals surface area contributed by atoms with Crippen molar-refractivity contribution in [1.82, 2.24) is 0 Å². The quantitative estimate of drug-likeness (QED) is 0.615. The lowest BCUT2D eigenvalue weighted by Crippen LogP contribution is -2.50. The molecule has 0 aliphatic rings. The second-order valence-electron chi connectivity index (χ2n) is 5.35. The van der Waals surface area contributed by atoms with Gasteiger partial charge in [0.15, 0.2) is 6.10 Å². The van der Waals surface area contributed by atoms with Crippen LogP contribution >= 0.6 is 0 Å². The van der Waals surface area contributed by atoms with Crippen LogP contribution in [-0.2, 0) is 9.53 Å². The number of esters is 1. The normalized spacial score (nSPS) is 19.3. The minimum absolute atomic E-state index is 0.154. The van der Waals surface area contributed by atoms with Crippen LogP contribution in [0.15, 0.2) is 0 Å². The molecule has 0 fully saturated rings. The molecule has 0 aliphatic heterocycles. The van der Waals surface area contributed by atoms with Gasteiger partial charge in [-0.2, -0.15) is 0 Å². The molecule has 17 heavy (non-hydrogen) atoms. The van der Waals surface area contributed by atoms with Gasteiger partial charge in [0, 0.05) is 6.42 Å². The summed E-state index contributed by atoms with van der Waals surface area (Å²) in [4.78, 5) is 11.2. The van der Waals surface area contributed by atoms with E-state index >= 15 is 0 Å². The fraction of sp³-hybridized carbons (Fsp3) is 0.917. The van der Waals surface area contributed by atoms with Gasteiger partial charge in [-0.05, 0) is 12.3 Å².